The Balaban J connectivity index is 1.86. The number of aromatic nitrogens is 3. The largest absolute Gasteiger partial charge is 0.434 e. The van der Waals surface area contributed by atoms with Crippen LogP contribution >= 0.6 is 11.6 Å². The van der Waals surface area contributed by atoms with Crippen molar-refractivity contribution in [1.82, 2.24) is 20.1 Å². The number of anilines is 1. The molecule has 0 saturated heterocycles. The molecule has 2 aromatic rings. The molecule has 1 saturated carbocycles. The van der Waals surface area contributed by atoms with Crippen LogP contribution in [0.15, 0.2) is 12.3 Å². The molecule has 10 nitrogen and oxygen atoms in total. The second-order valence-electron chi connectivity index (χ2n) is 10.6. The minimum Gasteiger partial charge on any atom is -0.434 e. The number of pyridine rings is 1. The molecule has 0 bridgehead atoms. The SMILES string of the molecule is CCn1nc(C(=O)NC[C@]2(O)CC[C@@H](S(C)(=O)=O)CC2)c(Cl)c1-c1cnc(NC(C)(C)C)cc1OC(F)F. The third-order valence-corrected chi connectivity index (χ3v) is 8.34. The van der Waals surface area contributed by atoms with Gasteiger partial charge in [-0.1, -0.05) is 11.6 Å². The summed E-state index contributed by atoms with van der Waals surface area (Å²) in [6, 6.07) is 1.33. The van der Waals surface area contributed by atoms with Gasteiger partial charge in [0.05, 0.1) is 27.1 Å². The minimum atomic E-state index is -3.21. The number of ether oxygens (including phenoxy) is 1. The molecule has 0 aliphatic heterocycles. The predicted molar refractivity (Wildman–Crippen MR) is 141 cm³/mol. The maximum absolute atomic E-state index is 13.3. The summed E-state index contributed by atoms with van der Waals surface area (Å²) in [5.74, 6) is -0.549. The first-order valence-corrected chi connectivity index (χ1v) is 14.6. The van der Waals surface area contributed by atoms with Crippen LogP contribution in [0.3, 0.4) is 0 Å². The zero-order valence-corrected chi connectivity index (χ0v) is 23.6. The Morgan fingerprint density at radius 3 is 2.50 bits per heavy atom. The molecule has 1 amide bonds. The number of sulfone groups is 1. The van der Waals surface area contributed by atoms with Crippen LogP contribution in [0.2, 0.25) is 5.02 Å². The summed E-state index contributed by atoms with van der Waals surface area (Å²) in [7, 11) is -3.21. The van der Waals surface area contributed by atoms with Crippen LogP contribution in [-0.4, -0.2) is 70.0 Å². The van der Waals surface area contributed by atoms with Gasteiger partial charge in [-0.15, -0.1) is 0 Å². The van der Waals surface area contributed by atoms with Gasteiger partial charge in [0.15, 0.2) is 5.69 Å². The Hall–Kier alpha value is -2.51. The van der Waals surface area contributed by atoms with E-state index in [0.717, 1.165) is 0 Å². The second-order valence-corrected chi connectivity index (χ2v) is 13.3. The number of hydrogen-bond acceptors (Lipinski definition) is 8. The quantitative estimate of drug-likeness (QED) is 0.409. The van der Waals surface area contributed by atoms with Crippen molar-refractivity contribution in [3.63, 3.8) is 0 Å². The van der Waals surface area contributed by atoms with Crippen molar-refractivity contribution in [2.45, 2.75) is 82.9 Å². The maximum Gasteiger partial charge on any atom is 0.387 e. The van der Waals surface area contributed by atoms with E-state index in [-0.39, 0.29) is 53.7 Å². The molecule has 212 valence electrons. The highest BCUT2D eigenvalue weighted by Gasteiger charge is 2.37. The number of nitrogens with zero attached hydrogens (tertiary/aromatic N) is 3. The van der Waals surface area contributed by atoms with Crippen molar-refractivity contribution >= 4 is 33.2 Å². The van der Waals surface area contributed by atoms with Crippen LogP contribution in [-0.2, 0) is 16.4 Å². The van der Waals surface area contributed by atoms with Crippen molar-refractivity contribution in [3.8, 4) is 17.0 Å². The van der Waals surface area contributed by atoms with E-state index in [9.17, 15) is 27.1 Å². The number of amides is 1. The highest BCUT2D eigenvalue weighted by atomic mass is 35.5. The van der Waals surface area contributed by atoms with E-state index in [2.05, 4.69) is 20.7 Å². The molecular weight excluding hydrogens is 544 g/mol. The molecular formula is C24H34ClF2N5O5S. The van der Waals surface area contributed by atoms with E-state index in [0.29, 0.717) is 18.7 Å². The standard InChI is InChI=1S/C24H34ClF2N5O5S/c1-6-32-20(15-12-28-17(30-23(2,3)4)11-16(15)37-22(26)27)18(25)19(31-32)21(33)29-13-24(34)9-7-14(8-10-24)38(5,35)36/h11-12,14,22,34H,6-10,13H2,1-5H3,(H,28,30)(H,29,33)/t14-,24+. The second kappa shape index (κ2) is 11.3. The number of halogens is 3. The number of aliphatic hydroxyl groups is 1. The number of rotatable bonds is 9. The topological polar surface area (TPSA) is 135 Å². The molecule has 38 heavy (non-hydrogen) atoms. The first-order chi connectivity index (χ1) is 17.5. The predicted octanol–water partition coefficient (Wildman–Crippen LogP) is 3.88. The summed E-state index contributed by atoms with van der Waals surface area (Å²) in [5, 5.41) is 20.2. The molecule has 3 rings (SSSR count). The van der Waals surface area contributed by atoms with Gasteiger partial charge in [0.1, 0.15) is 21.4 Å². The number of hydrogen-bond donors (Lipinski definition) is 3. The van der Waals surface area contributed by atoms with Gasteiger partial charge in [0.2, 0.25) is 0 Å². The summed E-state index contributed by atoms with van der Waals surface area (Å²) in [5.41, 5.74) is -1.51. The van der Waals surface area contributed by atoms with E-state index < -0.39 is 38.7 Å². The van der Waals surface area contributed by atoms with Gasteiger partial charge in [-0.05, 0) is 53.4 Å². The molecule has 2 aromatic heterocycles. The van der Waals surface area contributed by atoms with Crippen molar-refractivity contribution in [2.75, 3.05) is 18.1 Å². The van der Waals surface area contributed by atoms with Crippen LogP contribution in [0.1, 0.15) is 63.9 Å². The summed E-state index contributed by atoms with van der Waals surface area (Å²) < 4.78 is 56.3. The molecule has 3 N–H and O–H groups in total. The molecule has 14 heteroatoms. The van der Waals surface area contributed by atoms with Crippen LogP contribution in [0.25, 0.3) is 11.3 Å². The van der Waals surface area contributed by atoms with E-state index in [1.54, 1.807) is 6.92 Å². The lowest BCUT2D eigenvalue weighted by Crippen LogP contribution is -2.47. The fourth-order valence-electron chi connectivity index (χ4n) is 4.39. The van der Waals surface area contributed by atoms with E-state index >= 15 is 0 Å². The molecule has 1 fully saturated rings. The average Bonchev–Trinajstić information content (AvgIpc) is 3.12. The van der Waals surface area contributed by atoms with Crippen LogP contribution < -0.4 is 15.4 Å². The van der Waals surface area contributed by atoms with Crippen molar-refractivity contribution < 1.29 is 31.8 Å². The summed E-state index contributed by atoms with van der Waals surface area (Å²) in [6.07, 6.45) is 3.51. The molecule has 1 aliphatic carbocycles. The number of carbonyl (C=O) groups is 1. The Bertz CT molecular complexity index is 1270. The van der Waals surface area contributed by atoms with Gasteiger partial charge in [-0.25, -0.2) is 13.4 Å². The number of nitrogens with one attached hydrogen (secondary N) is 2. The Morgan fingerprint density at radius 1 is 1.34 bits per heavy atom. The van der Waals surface area contributed by atoms with Crippen molar-refractivity contribution in [2.24, 2.45) is 0 Å². The molecule has 0 aromatic carbocycles. The normalized spacial score (nSPS) is 20.4. The molecule has 0 atom stereocenters. The fourth-order valence-corrected chi connectivity index (χ4v) is 5.81. The average molecular weight is 578 g/mol. The first-order valence-electron chi connectivity index (χ1n) is 12.2. The fraction of sp³-hybridized carbons (Fsp3) is 0.625. The summed E-state index contributed by atoms with van der Waals surface area (Å²) in [4.78, 5) is 17.3. The monoisotopic (exact) mass is 577 g/mol. The molecule has 0 spiro atoms. The van der Waals surface area contributed by atoms with Gasteiger partial charge in [-0.3, -0.25) is 9.48 Å². The Morgan fingerprint density at radius 2 is 1.97 bits per heavy atom. The van der Waals surface area contributed by atoms with Crippen LogP contribution in [0.4, 0.5) is 14.6 Å². The third-order valence-electron chi connectivity index (χ3n) is 6.30. The smallest absolute Gasteiger partial charge is 0.387 e. The lowest BCUT2D eigenvalue weighted by molar-refractivity contribution is -0.0494. The minimum absolute atomic E-state index is 0.0884. The van der Waals surface area contributed by atoms with Crippen LogP contribution in [0.5, 0.6) is 5.75 Å². The molecule has 0 radical (unpaired) electrons. The zero-order chi connectivity index (χ0) is 28.5. The van der Waals surface area contributed by atoms with Gasteiger partial charge in [-0.2, -0.15) is 13.9 Å². The van der Waals surface area contributed by atoms with Gasteiger partial charge in [0, 0.05) is 37.1 Å². The molecule has 2 heterocycles. The summed E-state index contributed by atoms with van der Waals surface area (Å²) >= 11 is 6.56. The first kappa shape index (κ1) is 30.0. The number of carbonyl (C=O) groups excluding carboxylic acids is 1. The Labute approximate surface area is 226 Å². The number of aryl methyl sites for hydroxylation is 1. The number of alkyl halides is 2. The van der Waals surface area contributed by atoms with Crippen molar-refractivity contribution in [3.05, 3.63) is 23.0 Å². The van der Waals surface area contributed by atoms with E-state index in [4.69, 9.17) is 16.3 Å². The molecule has 0 unspecified atom stereocenters. The maximum atomic E-state index is 13.3. The lowest BCUT2D eigenvalue weighted by Gasteiger charge is -2.35. The highest BCUT2D eigenvalue weighted by Crippen LogP contribution is 2.39. The van der Waals surface area contributed by atoms with Crippen LogP contribution in [0, 0.1) is 0 Å². The van der Waals surface area contributed by atoms with Gasteiger partial charge in [0.25, 0.3) is 5.91 Å². The lowest BCUT2D eigenvalue weighted by atomic mass is 9.84. The third kappa shape index (κ3) is 7.32. The Kier molecular flexibility index (Phi) is 8.94. The summed E-state index contributed by atoms with van der Waals surface area (Å²) in [6.45, 7) is 4.43. The molecule has 1 aliphatic rings. The van der Waals surface area contributed by atoms with E-state index in [1.807, 2.05) is 20.8 Å². The van der Waals surface area contributed by atoms with Gasteiger partial charge < -0.3 is 20.5 Å². The highest BCUT2D eigenvalue weighted by molar-refractivity contribution is 7.91. The van der Waals surface area contributed by atoms with Gasteiger partial charge >= 0.3 is 6.61 Å². The van der Waals surface area contributed by atoms with E-state index in [1.165, 1.54) is 23.2 Å². The van der Waals surface area contributed by atoms with Crippen molar-refractivity contribution in [1.29, 1.82) is 0 Å². The zero-order valence-electron chi connectivity index (χ0n) is 22.0.